The van der Waals surface area contributed by atoms with Crippen molar-refractivity contribution in [3.63, 3.8) is 0 Å². The van der Waals surface area contributed by atoms with E-state index in [0.29, 0.717) is 12.2 Å². The maximum Gasteiger partial charge on any atom is 0.350 e. The van der Waals surface area contributed by atoms with Crippen molar-refractivity contribution >= 4 is 11.9 Å². The molecule has 0 amide bonds. The molecule has 5 heteroatoms. The monoisotopic (exact) mass is 308 g/mol. The Bertz CT molecular complexity index is 540. The lowest BCUT2D eigenvalue weighted by molar-refractivity contribution is -0.170. The number of ether oxygens (including phenoxy) is 2. The number of hydrogen-bond acceptors (Lipinski definition) is 4. The van der Waals surface area contributed by atoms with Crippen molar-refractivity contribution in [3.05, 3.63) is 29.8 Å². The van der Waals surface area contributed by atoms with Gasteiger partial charge in [0.15, 0.2) is 5.60 Å². The zero-order valence-electron chi connectivity index (χ0n) is 13.8. The molecule has 122 valence electrons. The van der Waals surface area contributed by atoms with E-state index in [9.17, 15) is 9.59 Å². The molecule has 0 fully saturated rings. The van der Waals surface area contributed by atoms with Crippen molar-refractivity contribution in [1.29, 1.82) is 0 Å². The maximum absolute atomic E-state index is 12.2. The fraction of sp³-hybridized carbons (Fsp3) is 0.529. The third-order valence-corrected chi connectivity index (χ3v) is 2.79. The van der Waals surface area contributed by atoms with Crippen LogP contribution in [0.5, 0.6) is 5.75 Å². The van der Waals surface area contributed by atoms with E-state index in [1.807, 2.05) is 6.07 Å². The Labute approximate surface area is 131 Å². The van der Waals surface area contributed by atoms with Crippen LogP contribution < -0.4 is 4.74 Å². The molecular formula is C17H24O5. The van der Waals surface area contributed by atoms with Gasteiger partial charge < -0.3 is 14.6 Å². The first-order valence-electron chi connectivity index (χ1n) is 7.23. The molecule has 1 aromatic carbocycles. The molecule has 1 aromatic rings. The summed E-state index contributed by atoms with van der Waals surface area (Å²) in [5.41, 5.74) is -0.861. The second kappa shape index (κ2) is 6.81. The number of aryl methyl sites for hydroxylation is 1. The predicted octanol–water partition coefficient (Wildman–Crippen LogP) is 3.20. The summed E-state index contributed by atoms with van der Waals surface area (Å²) in [4.78, 5) is 22.8. The van der Waals surface area contributed by atoms with E-state index in [4.69, 9.17) is 14.6 Å². The van der Waals surface area contributed by atoms with Crippen LogP contribution in [0.2, 0.25) is 0 Å². The molecule has 0 bridgehead atoms. The quantitative estimate of drug-likeness (QED) is 0.817. The highest BCUT2D eigenvalue weighted by Crippen LogP contribution is 2.23. The van der Waals surface area contributed by atoms with E-state index < -0.39 is 23.1 Å². The van der Waals surface area contributed by atoms with Gasteiger partial charge in [-0.1, -0.05) is 12.1 Å². The molecule has 0 saturated heterocycles. The predicted molar refractivity (Wildman–Crippen MR) is 83.0 cm³/mol. The Morgan fingerprint density at radius 3 is 2.32 bits per heavy atom. The minimum atomic E-state index is -1.13. The van der Waals surface area contributed by atoms with E-state index in [1.165, 1.54) is 0 Å². The van der Waals surface area contributed by atoms with Gasteiger partial charge in [0.25, 0.3) is 0 Å². The minimum absolute atomic E-state index is 0.0545. The summed E-state index contributed by atoms with van der Waals surface area (Å²) in [6.07, 6.45) is 0.471. The van der Waals surface area contributed by atoms with Crippen LogP contribution in [0.3, 0.4) is 0 Å². The fourth-order valence-corrected chi connectivity index (χ4v) is 1.75. The first kappa shape index (κ1) is 18.0. The number of benzene rings is 1. The van der Waals surface area contributed by atoms with Gasteiger partial charge in [0.05, 0.1) is 0 Å². The van der Waals surface area contributed by atoms with Crippen molar-refractivity contribution in [2.24, 2.45) is 0 Å². The number of rotatable bonds is 6. The number of carbonyl (C=O) groups is 2. The van der Waals surface area contributed by atoms with Gasteiger partial charge in [-0.2, -0.15) is 0 Å². The van der Waals surface area contributed by atoms with Gasteiger partial charge in [0.2, 0.25) is 0 Å². The van der Waals surface area contributed by atoms with Crippen molar-refractivity contribution in [2.45, 2.75) is 58.7 Å². The van der Waals surface area contributed by atoms with Crippen LogP contribution in [-0.4, -0.2) is 28.2 Å². The summed E-state index contributed by atoms with van der Waals surface area (Å²) in [5.74, 6) is -0.782. The van der Waals surface area contributed by atoms with Gasteiger partial charge in [-0.05, 0) is 58.7 Å². The molecule has 0 saturated carbocycles. The van der Waals surface area contributed by atoms with E-state index >= 15 is 0 Å². The van der Waals surface area contributed by atoms with Crippen molar-refractivity contribution in [3.8, 4) is 5.75 Å². The summed E-state index contributed by atoms with van der Waals surface area (Å²) >= 11 is 0. The topological polar surface area (TPSA) is 72.8 Å². The molecule has 5 nitrogen and oxygen atoms in total. The van der Waals surface area contributed by atoms with Gasteiger partial charge in [-0.3, -0.25) is 4.79 Å². The number of carbonyl (C=O) groups excluding carboxylic acids is 1. The molecule has 1 N–H and O–H groups in total. The molecule has 0 aliphatic heterocycles. The van der Waals surface area contributed by atoms with E-state index in [-0.39, 0.29) is 6.42 Å². The lowest BCUT2D eigenvalue weighted by atomic mass is 10.1. The molecule has 22 heavy (non-hydrogen) atoms. The van der Waals surface area contributed by atoms with Gasteiger partial charge >= 0.3 is 11.9 Å². The zero-order chi connectivity index (χ0) is 17.0. The molecule has 0 aliphatic rings. The molecule has 0 unspecified atom stereocenters. The Morgan fingerprint density at radius 2 is 1.77 bits per heavy atom. The molecule has 0 heterocycles. The number of aliphatic carboxylic acids is 1. The molecule has 0 aromatic heterocycles. The Balaban J connectivity index is 2.78. The summed E-state index contributed by atoms with van der Waals surface area (Å²) in [6, 6.07) is 7.08. The Hall–Kier alpha value is -2.04. The average Bonchev–Trinajstić information content (AvgIpc) is 2.34. The zero-order valence-corrected chi connectivity index (χ0v) is 13.8. The van der Waals surface area contributed by atoms with Crippen LogP contribution in [0.1, 0.15) is 46.6 Å². The highest BCUT2D eigenvalue weighted by molar-refractivity contribution is 5.79. The second-order valence-corrected chi connectivity index (χ2v) is 6.66. The van der Waals surface area contributed by atoms with E-state index in [0.717, 1.165) is 5.56 Å². The number of esters is 1. The van der Waals surface area contributed by atoms with Crippen molar-refractivity contribution in [1.82, 2.24) is 0 Å². The molecular weight excluding hydrogens is 284 g/mol. The second-order valence-electron chi connectivity index (χ2n) is 6.66. The van der Waals surface area contributed by atoms with Gasteiger partial charge in [-0.15, -0.1) is 0 Å². The van der Waals surface area contributed by atoms with Gasteiger partial charge in [-0.25, -0.2) is 4.79 Å². The third kappa shape index (κ3) is 6.16. The summed E-state index contributed by atoms with van der Waals surface area (Å²) in [5, 5.41) is 8.72. The molecule has 0 radical (unpaired) electrons. The van der Waals surface area contributed by atoms with Crippen LogP contribution in [0.25, 0.3) is 0 Å². The highest BCUT2D eigenvalue weighted by Gasteiger charge is 2.34. The SMILES string of the molecule is CC(C)(C)OC(=O)C(C)(C)Oc1cccc(CCC(=O)O)c1. The summed E-state index contributed by atoms with van der Waals surface area (Å²) in [7, 11) is 0. The van der Waals surface area contributed by atoms with Crippen LogP contribution in [0.15, 0.2) is 24.3 Å². The maximum atomic E-state index is 12.2. The average molecular weight is 308 g/mol. The summed E-state index contributed by atoms with van der Waals surface area (Å²) in [6.45, 7) is 8.69. The largest absolute Gasteiger partial charge is 0.481 e. The third-order valence-electron chi connectivity index (χ3n) is 2.79. The summed E-state index contributed by atoms with van der Waals surface area (Å²) < 4.78 is 11.1. The molecule has 0 aliphatic carbocycles. The van der Waals surface area contributed by atoms with Crippen LogP contribution in [0.4, 0.5) is 0 Å². The number of hydrogen-bond donors (Lipinski definition) is 1. The standard InChI is InChI=1S/C17H24O5/c1-16(2,3)22-15(20)17(4,5)21-13-8-6-7-12(11-13)9-10-14(18)19/h6-8,11H,9-10H2,1-5H3,(H,18,19). The van der Waals surface area contributed by atoms with Crippen LogP contribution >= 0.6 is 0 Å². The highest BCUT2D eigenvalue weighted by atomic mass is 16.6. The normalized spacial score (nSPS) is 11.9. The number of carboxylic acids is 1. The molecule has 0 spiro atoms. The van der Waals surface area contributed by atoms with Crippen molar-refractivity contribution in [2.75, 3.05) is 0 Å². The van der Waals surface area contributed by atoms with Crippen molar-refractivity contribution < 1.29 is 24.2 Å². The molecule has 0 atom stereocenters. The van der Waals surface area contributed by atoms with Gasteiger partial charge in [0.1, 0.15) is 11.4 Å². The minimum Gasteiger partial charge on any atom is -0.481 e. The van der Waals surface area contributed by atoms with E-state index in [2.05, 4.69) is 0 Å². The van der Waals surface area contributed by atoms with Crippen LogP contribution in [-0.2, 0) is 20.7 Å². The van der Waals surface area contributed by atoms with E-state index in [1.54, 1.807) is 52.8 Å². The smallest absolute Gasteiger partial charge is 0.350 e. The van der Waals surface area contributed by atoms with Crippen LogP contribution in [0, 0.1) is 0 Å². The molecule has 1 rings (SSSR count). The number of carboxylic acid groups (broad SMARTS) is 1. The van der Waals surface area contributed by atoms with Gasteiger partial charge in [0, 0.05) is 6.42 Å². The Kier molecular flexibility index (Phi) is 5.58. The Morgan fingerprint density at radius 1 is 1.14 bits per heavy atom. The first-order chi connectivity index (χ1) is 9.99. The fourth-order valence-electron chi connectivity index (χ4n) is 1.75. The lowest BCUT2D eigenvalue weighted by Gasteiger charge is -2.29. The lowest BCUT2D eigenvalue weighted by Crippen LogP contribution is -2.43. The first-order valence-corrected chi connectivity index (χ1v) is 7.23.